The minimum Gasteiger partial charge on any atom is -0.310 e. The summed E-state index contributed by atoms with van der Waals surface area (Å²) in [7, 11) is 0. The molecule has 0 amide bonds. The van der Waals surface area contributed by atoms with Gasteiger partial charge in [0.25, 0.3) is 0 Å². The molecule has 0 saturated carbocycles. The molecule has 0 saturated heterocycles. The normalized spacial score (nSPS) is 11.4. The lowest BCUT2D eigenvalue weighted by Crippen LogP contribution is -2.10. The third kappa shape index (κ3) is 6.12. The monoisotopic (exact) mass is 755 g/mol. The molecular weight excluding hydrogens is 719 g/mol. The number of hydrogen-bond donors (Lipinski definition) is 0. The highest BCUT2D eigenvalue weighted by molar-refractivity contribution is 7.26. The first-order chi connectivity index (χ1) is 28.7. The van der Waals surface area contributed by atoms with Crippen LogP contribution >= 0.6 is 11.3 Å². The molecule has 58 heavy (non-hydrogen) atoms. The van der Waals surface area contributed by atoms with Crippen LogP contribution < -0.4 is 4.90 Å². The number of nitrogens with zero attached hydrogens (tertiary/aromatic N) is 1. The Bertz CT molecular complexity index is 3290. The maximum Gasteiger partial charge on any atom is 0.0467 e. The zero-order chi connectivity index (χ0) is 38.4. The number of fused-ring (bicyclic) bond motifs is 5. The number of anilines is 3. The second kappa shape index (κ2) is 14.4. The van der Waals surface area contributed by atoms with E-state index >= 15 is 0 Å². The van der Waals surface area contributed by atoms with E-state index in [-0.39, 0.29) is 0 Å². The van der Waals surface area contributed by atoms with E-state index in [1.165, 1.54) is 86.2 Å². The standard InChI is InChI=1S/C56H37NS/c1-2-14-41-34-44(29-28-38(41)12-1)43-17-8-20-48(36-43)57(49-21-9-19-46(37-49)51-24-10-15-40-13-3-4-22-50(40)51)47-32-30-39(31-33-47)42-16-7-18-45(35-42)52-25-11-26-54-53-23-5-6-27-55(53)58-56(52)54/h1-37H. The molecule has 10 aromatic carbocycles. The molecule has 0 atom stereocenters. The van der Waals surface area contributed by atoms with Gasteiger partial charge >= 0.3 is 0 Å². The van der Waals surface area contributed by atoms with Gasteiger partial charge in [0.2, 0.25) is 0 Å². The van der Waals surface area contributed by atoms with Gasteiger partial charge in [-0.2, -0.15) is 0 Å². The summed E-state index contributed by atoms with van der Waals surface area (Å²) >= 11 is 1.88. The van der Waals surface area contributed by atoms with Gasteiger partial charge in [0.15, 0.2) is 0 Å². The molecule has 1 heterocycles. The highest BCUT2D eigenvalue weighted by Gasteiger charge is 2.17. The van der Waals surface area contributed by atoms with Crippen molar-refractivity contribution in [1.29, 1.82) is 0 Å². The summed E-state index contributed by atoms with van der Waals surface area (Å²) < 4.78 is 2.66. The van der Waals surface area contributed by atoms with Crippen LogP contribution in [0.15, 0.2) is 224 Å². The van der Waals surface area contributed by atoms with Crippen molar-refractivity contribution in [1.82, 2.24) is 0 Å². The summed E-state index contributed by atoms with van der Waals surface area (Å²) in [5, 5.41) is 7.63. The van der Waals surface area contributed by atoms with Crippen LogP contribution in [-0.2, 0) is 0 Å². The fourth-order valence-electron chi connectivity index (χ4n) is 8.57. The molecular formula is C56H37NS. The lowest BCUT2D eigenvalue weighted by molar-refractivity contribution is 1.28. The van der Waals surface area contributed by atoms with Crippen LogP contribution in [0.25, 0.3) is 86.2 Å². The lowest BCUT2D eigenvalue weighted by Gasteiger charge is -2.27. The van der Waals surface area contributed by atoms with E-state index in [4.69, 9.17) is 0 Å². The summed E-state index contributed by atoms with van der Waals surface area (Å²) in [4.78, 5) is 2.39. The molecule has 2 heteroatoms. The van der Waals surface area contributed by atoms with Gasteiger partial charge in [-0.25, -0.2) is 0 Å². The van der Waals surface area contributed by atoms with E-state index in [9.17, 15) is 0 Å². The van der Waals surface area contributed by atoms with Gasteiger partial charge in [0, 0.05) is 37.2 Å². The average Bonchev–Trinajstić information content (AvgIpc) is 3.68. The Kier molecular flexibility index (Phi) is 8.42. The zero-order valence-corrected chi connectivity index (χ0v) is 32.5. The van der Waals surface area contributed by atoms with Crippen molar-refractivity contribution < 1.29 is 0 Å². The van der Waals surface area contributed by atoms with E-state index in [2.05, 4.69) is 229 Å². The van der Waals surface area contributed by atoms with Crippen molar-refractivity contribution in [2.75, 3.05) is 4.90 Å². The predicted molar refractivity (Wildman–Crippen MR) is 251 cm³/mol. The molecule has 0 radical (unpaired) electrons. The molecule has 0 aliphatic carbocycles. The summed E-state index contributed by atoms with van der Waals surface area (Å²) in [6.45, 7) is 0. The van der Waals surface area contributed by atoms with Gasteiger partial charge in [-0.3, -0.25) is 0 Å². The lowest BCUT2D eigenvalue weighted by atomic mass is 9.97. The Morgan fingerprint density at radius 2 is 0.810 bits per heavy atom. The molecule has 0 N–H and O–H groups in total. The quantitative estimate of drug-likeness (QED) is 0.157. The maximum atomic E-state index is 2.39. The molecule has 0 aliphatic rings. The van der Waals surface area contributed by atoms with Crippen LogP contribution in [0.1, 0.15) is 0 Å². The van der Waals surface area contributed by atoms with Crippen molar-refractivity contribution in [3.8, 4) is 44.5 Å². The van der Waals surface area contributed by atoms with Gasteiger partial charge in [0.1, 0.15) is 0 Å². The Morgan fingerprint density at radius 1 is 0.276 bits per heavy atom. The summed E-state index contributed by atoms with van der Waals surface area (Å²) in [6.07, 6.45) is 0. The number of benzene rings is 10. The SMILES string of the molecule is c1cc(-c2ccc(N(c3cccc(-c4ccc5ccccc5c4)c3)c3cccc(-c4cccc5ccccc45)c3)cc2)cc(-c2cccc3c2sc2ccccc23)c1. The molecule has 1 nitrogen and oxygen atoms in total. The summed E-state index contributed by atoms with van der Waals surface area (Å²) in [5.41, 5.74) is 13.0. The Labute approximate surface area is 342 Å². The van der Waals surface area contributed by atoms with E-state index in [0.29, 0.717) is 0 Å². The zero-order valence-electron chi connectivity index (χ0n) is 31.7. The second-order valence-electron chi connectivity index (χ2n) is 14.9. The van der Waals surface area contributed by atoms with Gasteiger partial charge in [-0.15, -0.1) is 11.3 Å². The van der Waals surface area contributed by atoms with Gasteiger partial charge in [-0.1, -0.05) is 170 Å². The minimum atomic E-state index is 1.10. The second-order valence-corrected chi connectivity index (χ2v) is 16.0. The number of rotatable bonds is 7. The minimum absolute atomic E-state index is 1.10. The molecule has 1 aromatic heterocycles. The molecule has 0 bridgehead atoms. The van der Waals surface area contributed by atoms with Crippen molar-refractivity contribution in [3.05, 3.63) is 224 Å². The van der Waals surface area contributed by atoms with E-state index in [0.717, 1.165) is 17.1 Å². The first-order valence-electron chi connectivity index (χ1n) is 19.8. The van der Waals surface area contributed by atoms with Crippen LogP contribution in [0, 0.1) is 0 Å². The summed E-state index contributed by atoms with van der Waals surface area (Å²) in [5.74, 6) is 0. The fourth-order valence-corrected chi connectivity index (χ4v) is 9.81. The van der Waals surface area contributed by atoms with Crippen LogP contribution in [0.3, 0.4) is 0 Å². The van der Waals surface area contributed by atoms with Gasteiger partial charge in [-0.05, 0) is 121 Å². The van der Waals surface area contributed by atoms with Crippen molar-refractivity contribution >= 4 is 70.1 Å². The third-order valence-corrected chi connectivity index (χ3v) is 12.6. The first-order valence-corrected chi connectivity index (χ1v) is 20.6. The van der Waals surface area contributed by atoms with E-state index in [1.54, 1.807) is 0 Å². The number of thiophene rings is 1. The molecule has 0 fully saturated rings. The summed E-state index contributed by atoms with van der Waals surface area (Å²) in [6, 6.07) is 81.9. The fraction of sp³-hybridized carbons (Fsp3) is 0. The first kappa shape index (κ1) is 34.0. The van der Waals surface area contributed by atoms with Gasteiger partial charge in [0.05, 0.1) is 0 Å². The third-order valence-electron chi connectivity index (χ3n) is 11.4. The Balaban J connectivity index is 1.01. The molecule has 11 rings (SSSR count). The molecule has 0 unspecified atom stereocenters. The van der Waals surface area contributed by atoms with Crippen LogP contribution in [0.5, 0.6) is 0 Å². The molecule has 272 valence electrons. The highest BCUT2D eigenvalue weighted by atomic mass is 32.1. The van der Waals surface area contributed by atoms with E-state index < -0.39 is 0 Å². The predicted octanol–water partition coefficient (Wildman–Crippen LogP) is 16.5. The van der Waals surface area contributed by atoms with Crippen LogP contribution in [0.4, 0.5) is 17.1 Å². The molecule has 11 aromatic rings. The topological polar surface area (TPSA) is 3.24 Å². The average molecular weight is 756 g/mol. The van der Waals surface area contributed by atoms with Crippen molar-refractivity contribution in [2.24, 2.45) is 0 Å². The Morgan fingerprint density at radius 3 is 1.64 bits per heavy atom. The largest absolute Gasteiger partial charge is 0.310 e. The number of hydrogen-bond acceptors (Lipinski definition) is 2. The van der Waals surface area contributed by atoms with Crippen LogP contribution in [-0.4, -0.2) is 0 Å². The smallest absolute Gasteiger partial charge is 0.0467 e. The van der Waals surface area contributed by atoms with Gasteiger partial charge < -0.3 is 4.90 Å². The Hall–Kier alpha value is -7.26. The van der Waals surface area contributed by atoms with E-state index in [1.807, 2.05) is 11.3 Å². The van der Waals surface area contributed by atoms with Crippen molar-refractivity contribution in [2.45, 2.75) is 0 Å². The van der Waals surface area contributed by atoms with Crippen LogP contribution in [0.2, 0.25) is 0 Å². The molecule has 0 spiro atoms. The highest BCUT2D eigenvalue weighted by Crippen LogP contribution is 2.42. The maximum absolute atomic E-state index is 2.39. The van der Waals surface area contributed by atoms with Crippen molar-refractivity contribution in [3.63, 3.8) is 0 Å². The molecule has 0 aliphatic heterocycles.